The number of amides is 1. The minimum atomic E-state index is 0.0153. The van der Waals surface area contributed by atoms with Crippen LogP contribution in [0.15, 0.2) is 48.7 Å². The van der Waals surface area contributed by atoms with E-state index in [0.717, 1.165) is 17.0 Å². The highest BCUT2D eigenvalue weighted by atomic mass is 16.5. The molecule has 20 heavy (non-hydrogen) atoms. The van der Waals surface area contributed by atoms with Crippen molar-refractivity contribution in [1.29, 1.82) is 0 Å². The van der Waals surface area contributed by atoms with Gasteiger partial charge in [0.25, 0.3) is 0 Å². The number of aromatic nitrogens is 1. The molecule has 0 atom stereocenters. The molecule has 0 saturated carbocycles. The number of carbonyl (C=O) groups is 1. The van der Waals surface area contributed by atoms with Crippen LogP contribution in [-0.4, -0.2) is 18.0 Å². The molecular weight excluding hydrogens is 252 g/mol. The lowest BCUT2D eigenvalue weighted by molar-refractivity contribution is -0.121. The van der Waals surface area contributed by atoms with E-state index in [4.69, 9.17) is 4.74 Å². The monoisotopic (exact) mass is 270 g/mol. The summed E-state index contributed by atoms with van der Waals surface area (Å²) in [7, 11) is 1.63. The van der Waals surface area contributed by atoms with E-state index in [9.17, 15) is 4.79 Å². The SMILES string of the molecule is COc1ccccc1CNC(=O)CCc1ccccn1. The van der Waals surface area contributed by atoms with Gasteiger partial charge in [-0.3, -0.25) is 9.78 Å². The molecule has 0 fully saturated rings. The van der Waals surface area contributed by atoms with Crippen molar-refractivity contribution in [2.45, 2.75) is 19.4 Å². The molecule has 1 amide bonds. The number of nitrogens with zero attached hydrogens (tertiary/aromatic N) is 1. The molecule has 1 N–H and O–H groups in total. The number of hydrogen-bond donors (Lipinski definition) is 1. The van der Waals surface area contributed by atoms with Gasteiger partial charge in [-0.25, -0.2) is 0 Å². The second-order valence-corrected chi connectivity index (χ2v) is 4.41. The Morgan fingerprint density at radius 2 is 2.00 bits per heavy atom. The van der Waals surface area contributed by atoms with E-state index < -0.39 is 0 Å². The molecule has 104 valence electrons. The summed E-state index contributed by atoms with van der Waals surface area (Å²) in [6, 6.07) is 13.4. The molecule has 2 aromatic rings. The zero-order valence-corrected chi connectivity index (χ0v) is 11.5. The number of benzene rings is 1. The molecule has 1 aromatic carbocycles. The van der Waals surface area contributed by atoms with Crippen molar-refractivity contribution in [1.82, 2.24) is 10.3 Å². The van der Waals surface area contributed by atoms with Crippen LogP contribution in [-0.2, 0) is 17.8 Å². The van der Waals surface area contributed by atoms with Gasteiger partial charge in [0.05, 0.1) is 7.11 Å². The average Bonchev–Trinajstić information content (AvgIpc) is 2.52. The predicted molar refractivity (Wildman–Crippen MR) is 77.4 cm³/mol. The Kier molecular flexibility index (Phi) is 5.12. The van der Waals surface area contributed by atoms with E-state index in [0.29, 0.717) is 19.4 Å². The van der Waals surface area contributed by atoms with Crippen molar-refractivity contribution in [2.24, 2.45) is 0 Å². The molecule has 0 aliphatic rings. The third-order valence-electron chi connectivity index (χ3n) is 3.00. The fourth-order valence-corrected chi connectivity index (χ4v) is 1.92. The predicted octanol–water partition coefficient (Wildman–Crippen LogP) is 2.34. The summed E-state index contributed by atoms with van der Waals surface area (Å²) >= 11 is 0. The number of pyridine rings is 1. The van der Waals surface area contributed by atoms with Crippen LogP contribution >= 0.6 is 0 Å². The molecule has 1 aromatic heterocycles. The molecule has 0 aliphatic carbocycles. The summed E-state index contributed by atoms with van der Waals surface area (Å²) in [5.74, 6) is 0.805. The van der Waals surface area contributed by atoms with Gasteiger partial charge in [0.15, 0.2) is 0 Å². The minimum Gasteiger partial charge on any atom is -0.496 e. The van der Waals surface area contributed by atoms with Crippen molar-refractivity contribution in [3.8, 4) is 5.75 Å². The number of para-hydroxylation sites is 1. The lowest BCUT2D eigenvalue weighted by atomic mass is 10.2. The normalized spacial score (nSPS) is 10.1. The number of aryl methyl sites for hydroxylation is 1. The molecule has 0 radical (unpaired) electrons. The lowest BCUT2D eigenvalue weighted by Gasteiger charge is -2.09. The van der Waals surface area contributed by atoms with Gasteiger partial charge in [-0.05, 0) is 24.6 Å². The van der Waals surface area contributed by atoms with Crippen molar-refractivity contribution in [3.63, 3.8) is 0 Å². The molecule has 0 bridgehead atoms. The Morgan fingerprint density at radius 3 is 2.75 bits per heavy atom. The maximum absolute atomic E-state index is 11.8. The van der Waals surface area contributed by atoms with E-state index >= 15 is 0 Å². The van der Waals surface area contributed by atoms with Crippen molar-refractivity contribution < 1.29 is 9.53 Å². The fraction of sp³-hybridized carbons (Fsp3) is 0.250. The first-order valence-electron chi connectivity index (χ1n) is 6.58. The first-order chi connectivity index (χ1) is 9.79. The third-order valence-corrected chi connectivity index (χ3v) is 3.00. The van der Waals surface area contributed by atoms with Crippen molar-refractivity contribution >= 4 is 5.91 Å². The van der Waals surface area contributed by atoms with Crippen LogP contribution in [0.5, 0.6) is 5.75 Å². The summed E-state index contributed by atoms with van der Waals surface area (Å²) in [4.78, 5) is 16.0. The quantitative estimate of drug-likeness (QED) is 0.876. The van der Waals surface area contributed by atoms with Crippen molar-refractivity contribution in [3.05, 3.63) is 59.9 Å². The van der Waals surface area contributed by atoms with Gasteiger partial charge >= 0.3 is 0 Å². The molecule has 0 spiro atoms. The summed E-state index contributed by atoms with van der Waals surface area (Å²) in [6.45, 7) is 0.477. The van der Waals surface area contributed by atoms with E-state index in [-0.39, 0.29) is 5.91 Å². The van der Waals surface area contributed by atoms with Gasteiger partial charge in [-0.1, -0.05) is 24.3 Å². The van der Waals surface area contributed by atoms with Gasteiger partial charge in [0.2, 0.25) is 5.91 Å². The zero-order valence-electron chi connectivity index (χ0n) is 11.5. The zero-order chi connectivity index (χ0) is 14.2. The summed E-state index contributed by atoms with van der Waals surface area (Å²) in [6.07, 6.45) is 2.83. The summed E-state index contributed by atoms with van der Waals surface area (Å²) < 4.78 is 5.25. The Morgan fingerprint density at radius 1 is 1.20 bits per heavy atom. The molecule has 4 nitrogen and oxygen atoms in total. The van der Waals surface area contributed by atoms with Crippen LogP contribution in [0.1, 0.15) is 17.7 Å². The van der Waals surface area contributed by atoms with E-state index in [1.807, 2.05) is 42.5 Å². The van der Waals surface area contributed by atoms with E-state index in [2.05, 4.69) is 10.3 Å². The Bertz CT molecular complexity index is 555. The molecule has 0 saturated heterocycles. The maximum atomic E-state index is 11.8. The van der Waals surface area contributed by atoms with Crippen LogP contribution in [0.4, 0.5) is 0 Å². The van der Waals surface area contributed by atoms with Crippen LogP contribution in [0.3, 0.4) is 0 Å². The minimum absolute atomic E-state index is 0.0153. The van der Waals surface area contributed by atoms with E-state index in [1.54, 1.807) is 13.3 Å². The first-order valence-corrected chi connectivity index (χ1v) is 6.58. The third kappa shape index (κ3) is 4.09. The highest BCUT2D eigenvalue weighted by Crippen LogP contribution is 2.16. The average molecular weight is 270 g/mol. The highest BCUT2D eigenvalue weighted by Gasteiger charge is 2.05. The van der Waals surface area contributed by atoms with Gasteiger partial charge in [-0.15, -0.1) is 0 Å². The second kappa shape index (κ2) is 7.28. The van der Waals surface area contributed by atoms with Crippen LogP contribution < -0.4 is 10.1 Å². The van der Waals surface area contributed by atoms with Gasteiger partial charge in [0.1, 0.15) is 5.75 Å². The van der Waals surface area contributed by atoms with Gasteiger partial charge in [-0.2, -0.15) is 0 Å². The largest absolute Gasteiger partial charge is 0.496 e. The Labute approximate surface area is 118 Å². The number of rotatable bonds is 6. The number of nitrogens with one attached hydrogen (secondary N) is 1. The molecule has 0 aliphatic heterocycles. The molecule has 1 heterocycles. The first kappa shape index (κ1) is 14.1. The number of carbonyl (C=O) groups excluding carboxylic acids is 1. The van der Waals surface area contributed by atoms with Gasteiger partial charge in [0, 0.05) is 30.4 Å². The number of hydrogen-bond acceptors (Lipinski definition) is 3. The second-order valence-electron chi connectivity index (χ2n) is 4.41. The smallest absolute Gasteiger partial charge is 0.220 e. The standard InChI is InChI=1S/C16H18N2O2/c1-20-15-8-3-2-6-13(15)12-18-16(19)10-9-14-7-4-5-11-17-14/h2-8,11H,9-10,12H2,1H3,(H,18,19). The fourth-order valence-electron chi connectivity index (χ4n) is 1.92. The maximum Gasteiger partial charge on any atom is 0.220 e. The van der Waals surface area contributed by atoms with Crippen LogP contribution in [0, 0.1) is 0 Å². The molecular formula is C16H18N2O2. The van der Waals surface area contributed by atoms with Gasteiger partial charge < -0.3 is 10.1 Å². The van der Waals surface area contributed by atoms with Crippen molar-refractivity contribution in [2.75, 3.05) is 7.11 Å². The Balaban J connectivity index is 1.80. The molecule has 0 unspecified atom stereocenters. The summed E-state index contributed by atoms with van der Waals surface area (Å²) in [5, 5.41) is 2.90. The molecule has 2 rings (SSSR count). The summed E-state index contributed by atoms with van der Waals surface area (Å²) in [5.41, 5.74) is 1.90. The van der Waals surface area contributed by atoms with Crippen LogP contribution in [0.25, 0.3) is 0 Å². The molecule has 4 heteroatoms. The van der Waals surface area contributed by atoms with E-state index in [1.165, 1.54) is 0 Å². The highest BCUT2D eigenvalue weighted by molar-refractivity contribution is 5.76. The lowest BCUT2D eigenvalue weighted by Crippen LogP contribution is -2.23. The topological polar surface area (TPSA) is 51.2 Å². The van der Waals surface area contributed by atoms with Crippen LogP contribution in [0.2, 0.25) is 0 Å². The Hall–Kier alpha value is -2.36. The number of ether oxygens (including phenoxy) is 1. The number of methoxy groups -OCH3 is 1.